The normalized spacial score (nSPS) is 17.8. The van der Waals surface area contributed by atoms with Crippen molar-refractivity contribution < 1.29 is 14.8 Å². The largest absolute Gasteiger partial charge is 0.492 e. The van der Waals surface area contributed by atoms with Gasteiger partial charge in [-0.3, -0.25) is 4.79 Å². The van der Waals surface area contributed by atoms with Gasteiger partial charge in [0.1, 0.15) is 11.9 Å². The summed E-state index contributed by atoms with van der Waals surface area (Å²) in [7, 11) is -1.76. The van der Waals surface area contributed by atoms with E-state index in [0.29, 0.717) is 5.69 Å². The maximum atomic E-state index is 12.6. The van der Waals surface area contributed by atoms with E-state index < -0.39 is 13.3 Å². The third-order valence-corrected chi connectivity index (χ3v) is 3.58. The van der Waals surface area contributed by atoms with Crippen molar-refractivity contribution in [3.8, 4) is 0 Å². The van der Waals surface area contributed by atoms with Gasteiger partial charge in [-0.2, -0.15) is 5.10 Å². The molecular formula is C13H15BN4O3. The van der Waals surface area contributed by atoms with Crippen LogP contribution < -0.4 is 16.1 Å². The average Bonchev–Trinajstić information content (AvgIpc) is 2.90. The van der Waals surface area contributed by atoms with Gasteiger partial charge in [0.2, 0.25) is 0 Å². The number of hydrogen-bond donors (Lipinski definition) is 3. The van der Waals surface area contributed by atoms with Crippen molar-refractivity contribution in [1.29, 1.82) is 0 Å². The zero-order valence-electron chi connectivity index (χ0n) is 11.5. The van der Waals surface area contributed by atoms with Crippen LogP contribution in [0, 0.1) is 6.92 Å². The summed E-state index contributed by atoms with van der Waals surface area (Å²) in [6, 6.07) is 7.48. The lowest BCUT2D eigenvalue weighted by Crippen LogP contribution is -2.50. The van der Waals surface area contributed by atoms with Crippen molar-refractivity contribution in [1.82, 2.24) is 9.78 Å². The number of nitrogens with zero attached hydrogens (tertiary/aromatic N) is 3. The molecule has 1 atom stereocenters. The predicted octanol–water partition coefficient (Wildman–Crippen LogP) is -1.01. The predicted molar refractivity (Wildman–Crippen MR) is 78.1 cm³/mol. The Bertz CT molecular complexity index is 670. The highest BCUT2D eigenvalue weighted by atomic mass is 16.4. The molecule has 0 fully saturated rings. The molecule has 1 aromatic carbocycles. The van der Waals surface area contributed by atoms with Crippen LogP contribution in [-0.2, 0) is 0 Å². The number of hydrogen-bond acceptors (Lipinski definition) is 5. The molecule has 0 radical (unpaired) electrons. The van der Waals surface area contributed by atoms with Gasteiger partial charge in [0.05, 0.1) is 6.54 Å². The van der Waals surface area contributed by atoms with Crippen LogP contribution in [0.1, 0.15) is 22.2 Å². The monoisotopic (exact) mass is 286 g/mol. The van der Waals surface area contributed by atoms with Crippen LogP contribution in [0.25, 0.3) is 0 Å². The van der Waals surface area contributed by atoms with E-state index in [0.717, 1.165) is 5.56 Å². The molecule has 7 nitrogen and oxygen atoms in total. The number of aromatic nitrogens is 2. The molecule has 1 amide bonds. The summed E-state index contributed by atoms with van der Waals surface area (Å²) in [4.78, 5) is 14.1. The molecule has 0 spiro atoms. The average molecular weight is 286 g/mol. The second-order valence-electron chi connectivity index (χ2n) is 5.09. The Kier molecular flexibility index (Phi) is 3.28. The summed E-state index contributed by atoms with van der Waals surface area (Å²) in [5.41, 5.74) is 8.00. The van der Waals surface area contributed by atoms with E-state index in [1.54, 1.807) is 0 Å². The van der Waals surface area contributed by atoms with Gasteiger partial charge in [0.25, 0.3) is 5.91 Å². The molecule has 2 heterocycles. The van der Waals surface area contributed by atoms with E-state index in [4.69, 9.17) is 5.73 Å². The van der Waals surface area contributed by atoms with Crippen molar-refractivity contribution in [3.05, 3.63) is 41.7 Å². The fraction of sp³-hybridized carbons (Fsp3) is 0.231. The molecule has 2 aromatic rings. The van der Waals surface area contributed by atoms with Crippen LogP contribution in [0.4, 0.5) is 5.69 Å². The Labute approximate surface area is 121 Å². The second kappa shape index (κ2) is 4.99. The molecular weight excluding hydrogens is 271 g/mol. The lowest BCUT2D eigenvalue weighted by Gasteiger charge is -2.32. The van der Waals surface area contributed by atoms with Crippen LogP contribution in [0.15, 0.2) is 30.5 Å². The van der Waals surface area contributed by atoms with Gasteiger partial charge in [-0.15, -0.1) is 0 Å². The van der Waals surface area contributed by atoms with Crippen molar-refractivity contribution in [2.45, 2.75) is 13.1 Å². The smallest absolute Gasteiger partial charge is 0.423 e. The van der Waals surface area contributed by atoms with Crippen molar-refractivity contribution in [2.24, 2.45) is 5.73 Å². The van der Waals surface area contributed by atoms with Gasteiger partial charge < -0.3 is 20.7 Å². The number of carbonyl (C=O) groups excluding carboxylic acids is 1. The number of carbonyl (C=O) groups is 1. The van der Waals surface area contributed by atoms with Crippen LogP contribution in [0.2, 0.25) is 0 Å². The van der Waals surface area contributed by atoms with Gasteiger partial charge in [0, 0.05) is 17.3 Å². The van der Waals surface area contributed by atoms with E-state index in [1.165, 1.54) is 15.8 Å². The number of aryl methyl sites for hydroxylation is 1. The summed E-state index contributed by atoms with van der Waals surface area (Å²) in [6.07, 6.45) is 0.725. The van der Waals surface area contributed by atoms with Crippen molar-refractivity contribution >= 4 is 24.2 Å². The molecule has 3 rings (SSSR count). The first-order chi connectivity index (χ1) is 9.99. The first-order valence-electron chi connectivity index (χ1n) is 6.56. The second-order valence-corrected chi connectivity index (χ2v) is 5.09. The van der Waals surface area contributed by atoms with Crippen LogP contribution in [0.3, 0.4) is 0 Å². The fourth-order valence-electron chi connectivity index (χ4n) is 2.46. The van der Waals surface area contributed by atoms with E-state index in [1.807, 2.05) is 31.2 Å². The summed E-state index contributed by atoms with van der Waals surface area (Å²) in [5.74, 6) is -0.346. The van der Waals surface area contributed by atoms with Crippen molar-refractivity contribution in [2.75, 3.05) is 11.4 Å². The molecule has 0 saturated carbocycles. The Balaban J connectivity index is 2.05. The highest BCUT2D eigenvalue weighted by Crippen LogP contribution is 2.23. The molecule has 0 aliphatic carbocycles. The number of benzene rings is 1. The minimum absolute atomic E-state index is 0.0623. The molecule has 21 heavy (non-hydrogen) atoms. The summed E-state index contributed by atoms with van der Waals surface area (Å²) in [5, 5.41) is 22.7. The standard InChI is InChI=1S/C13H15BN4O3/c1-8-2-4-9(5-3-8)17-7-11(15)18-12(13(17)19)10(6-16-18)14(20)21/h2-6,11,20-21H,7,15H2,1H3/t11-/m1/s1. The summed E-state index contributed by atoms with van der Waals surface area (Å²) >= 11 is 0. The first kappa shape index (κ1) is 13.8. The zero-order chi connectivity index (χ0) is 15.1. The highest BCUT2D eigenvalue weighted by molar-refractivity contribution is 6.60. The Hall–Kier alpha value is -2.16. The third kappa shape index (κ3) is 2.23. The fourth-order valence-corrected chi connectivity index (χ4v) is 2.46. The zero-order valence-corrected chi connectivity index (χ0v) is 11.5. The third-order valence-electron chi connectivity index (χ3n) is 3.58. The molecule has 108 valence electrons. The first-order valence-corrected chi connectivity index (χ1v) is 6.56. The SMILES string of the molecule is Cc1ccc(N2C[C@H](N)n3ncc(B(O)O)c3C2=O)cc1. The molecule has 0 bridgehead atoms. The molecule has 8 heteroatoms. The summed E-state index contributed by atoms with van der Waals surface area (Å²) < 4.78 is 1.34. The highest BCUT2D eigenvalue weighted by Gasteiger charge is 2.36. The topological polar surface area (TPSA) is 105 Å². The molecule has 1 aromatic heterocycles. The number of rotatable bonds is 2. The van der Waals surface area contributed by atoms with Gasteiger partial charge in [-0.05, 0) is 19.1 Å². The Morgan fingerprint density at radius 3 is 2.62 bits per heavy atom. The maximum Gasteiger partial charge on any atom is 0.492 e. The Morgan fingerprint density at radius 1 is 1.33 bits per heavy atom. The number of fused-ring (bicyclic) bond motifs is 1. The minimum atomic E-state index is -1.76. The summed E-state index contributed by atoms with van der Waals surface area (Å²) in [6.45, 7) is 2.24. The van der Waals surface area contributed by atoms with Crippen molar-refractivity contribution in [3.63, 3.8) is 0 Å². The number of nitrogens with two attached hydrogens (primary N) is 1. The van der Waals surface area contributed by atoms with Gasteiger partial charge in [0.15, 0.2) is 0 Å². The van der Waals surface area contributed by atoms with Gasteiger partial charge in [-0.25, -0.2) is 4.68 Å². The lowest BCUT2D eigenvalue weighted by atomic mass is 9.80. The molecule has 4 N–H and O–H groups in total. The Morgan fingerprint density at radius 2 is 2.00 bits per heavy atom. The lowest BCUT2D eigenvalue weighted by molar-refractivity contribution is 0.0952. The van der Waals surface area contributed by atoms with Gasteiger partial charge >= 0.3 is 7.12 Å². The molecule has 1 aliphatic rings. The van der Waals surface area contributed by atoms with Crippen LogP contribution >= 0.6 is 0 Å². The van der Waals surface area contributed by atoms with Crippen LogP contribution in [0.5, 0.6) is 0 Å². The van der Waals surface area contributed by atoms with E-state index in [-0.39, 0.29) is 23.6 Å². The maximum absolute atomic E-state index is 12.6. The van der Waals surface area contributed by atoms with E-state index in [2.05, 4.69) is 5.10 Å². The molecule has 0 unspecified atom stereocenters. The van der Waals surface area contributed by atoms with Gasteiger partial charge in [-0.1, -0.05) is 17.7 Å². The van der Waals surface area contributed by atoms with E-state index >= 15 is 0 Å². The van der Waals surface area contributed by atoms with E-state index in [9.17, 15) is 14.8 Å². The molecule has 0 saturated heterocycles. The number of anilines is 1. The quantitative estimate of drug-likeness (QED) is 0.613. The van der Waals surface area contributed by atoms with Crippen LogP contribution in [-0.4, -0.2) is 39.4 Å². The number of amides is 1. The minimum Gasteiger partial charge on any atom is -0.423 e. The molecule has 1 aliphatic heterocycles.